The smallest absolute Gasteiger partial charge is 0.324 e. The van der Waals surface area contributed by atoms with Crippen molar-refractivity contribution in [1.82, 2.24) is 0 Å². The molecule has 0 amide bonds. The summed E-state index contributed by atoms with van der Waals surface area (Å²) in [6, 6.07) is 0. The average molecular weight is 338 g/mol. The Balaban J connectivity index is 0. The van der Waals surface area contributed by atoms with Crippen LogP contribution in [0.5, 0.6) is 0 Å². The average Bonchev–Trinajstić information content (AvgIpc) is 2.01. The van der Waals surface area contributed by atoms with Crippen LogP contribution in [0.2, 0.25) is 0 Å². The van der Waals surface area contributed by atoms with Gasteiger partial charge in [0, 0.05) is 47.0 Å². The summed E-state index contributed by atoms with van der Waals surface area (Å²) in [4.78, 5) is 9.21. The van der Waals surface area contributed by atoms with E-state index in [2.05, 4.69) is 0 Å². The van der Waals surface area contributed by atoms with E-state index in [-0.39, 0.29) is 40.8 Å². The fraction of sp³-hybridized carbons (Fsp3) is 1.00. The Hall–Kier alpha value is 1.50. The third-order valence-electron chi connectivity index (χ3n) is 1.59. The largest absolute Gasteiger partial charge is 0.328 e. The molecule has 1 N–H and O–H groups in total. The minimum absolute atomic E-state index is 0. The fourth-order valence-electron chi connectivity index (χ4n) is 0.774. The summed E-state index contributed by atoms with van der Waals surface area (Å²) in [5, 5.41) is 0. The predicted octanol–water partition coefficient (Wildman–Crippen LogP) is 2.79. The van der Waals surface area contributed by atoms with Gasteiger partial charge in [-0.1, -0.05) is 26.7 Å². The van der Waals surface area contributed by atoms with E-state index in [4.69, 9.17) is 4.52 Å². The molecule has 78 valence electrons. The van der Waals surface area contributed by atoms with Gasteiger partial charge in [-0.2, -0.15) is 0 Å². The Morgan fingerprint density at radius 2 is 1.77 bits per heavy atom. The van der Waals surface area contributed by atoms with Crippen LogP contribution in [0.3, 0.4) is 0 Å². The maximum absolute atomic E-state index is 11.2. The van der Waals surface area contributed by atoms with Gasteiger partial charge in [0.25, 0.3) is 0 Å². The minimum Gasteiger partial charge on any atom is -0.324 e. The molecule has 0 aliphatic rings. The molecular formula is C8H19NdO3P. The van der Waals surface area contributed by atoms with Crippen molar-refractivity contribution in [3.8, 4) is 0 Å². The molecule has 0 aliphatic carbocycles. The van der Waals surface area contributed by atoms with E-state index in [1.54, 1.807) is 0 Å². The number of hydrogen-bond acceptors (Lipinski definition) is 2. The standard InChI is InChI=1S/C8H19O3P.Nd/c1-3-5-7-11-12(9,10)8-6-4-2;/h3-8H2,1-2H3,(H,9,10);. The topological polar surface area (TPSA) is 46.5 Å². The molecule has 3 nitrogen and oxygen atoms in total. The van der Waals surface area contributed by atoms with Gasteiger partial charge in [0.1, 0.15) is 0 Å². The summed E-state index contributed by atoms with van der Waals surface area (Å²) in [5.41, 5.74) is 0. The van der Waals surface area contributed by atoms with E-state index in [1.165, 1.54) is 0 Å². The molecule has 0 fully saturated rings. The number of hydrogen-bond donors (Lipinski definition) is 1. The van der Waals surface area contributed by atoms with E-state index < -0.39 is 7.60 Å². The molecule has 0 saturated heterocycles. The van der Waals surface area contributed by atoms with Gasteiger partial charge in [0.05, 0.1) is 6.61 Å². The van der Waals surface area contributed by atoms with Gasteiger partial charge in [-0.25, -0.2) is 0 Å². The van der Waals surface area contributed by atoms with Crippen molar-refractivity contribution in [2.24, 2.45) is 0 Å². The van der Waals surface area contributed by atoms with E-state index in [1.807, 2.05) is 13.8 Å². The molecule has 13 heavy (non-hydrogen) atoms. The van der Waals surface area contributed by atoms with Crippen LogP contribution in [0, 0.1) is 40.8 Å². The van der Waals surface area contributed by atoms with Crippen molar-refractivity contribution in [3.63, 3.8) is 0 Å². The summed E-state index contributed by atoms with van der Waals surface area (Å²) in [5.74, 6) is 0. The van der Waals surface area contributed by atoms with Crippen molar-refractivity contribution in [2.75, 3.05) is 12.8 Å². The van der Waals surface area contributed by atoms with Crippen LogP contribution in [0.4, 0.5) is 0 Å². The maximum atomic E-state index is 11.2. The Morgan fingerprint density at radius 3 is 2.23 bits per heavy atom. The second kappa shape index (κ2) is 10.0. The third-order valence-corrected chi connectivity index (χ3v) is 3.05. The summed E-state index contributed by atoms with van der Waals surface area (Å²) >= 11 is 0. The quantitative estimate of drug-likeness (QED) is 0.573. The normalized spacial score (nSPS) is 14.7. The third kappa shape index (κ3) is 11.4. The fourth-order valence-corrected chi connectivity index (χ4v) is 2.03. The molecule has 1 unspecified atom stereocenters. The van der Waals surface area contributed by atoms with Gasteiger partial charge in [0.15, 0.2) is 0 Å². The van der Waals surface area contributed by atoms with Crippen LogP contribution < -0.4 is 0 Å². The SMILES string of the molecule is CCCCOP(=O)(O)CCCC.[Nd]. The first-order valence-corrected chi connectivity index (χ1v) is 6.35. The Kier molecular flexibility index (Phi) is 13.1. The molecule has 0 aromatic heterocycles. The van der Waals surface area contributed by atoms with Crippen LogP contribution in [-0.2, 0) is 9.09 Å². The Bertz CT molecular complexity index is 152. The van der Waals surface area contributed by atoms with Gasteiger partial charge < -0.3 is 9.42 Å². The van der Waals surface area contributed by atoms with Gasteiger partial charge in [0.2, 0.25) is 0 Å². The molecule has 0 aliphatic heterocycles. The first kappa shape index (κ1) is 16.9. The van der Waals surface area contributed by atoms with E-state index in [9.17, 15) is 9.46 Å². The minimum atomic E-state index is -3.24. The van der Waals surface area contributed by atoms with Crippen LogP contribution >= 0.6 is 7.60 Å². The molecule has 0 saturated carbocycles. The summed E-state index contributed by atoms with van der Waals surface area (Å²) < 4.78 is 16.1. The van der Waals surface area contributed by atoms with Crippen molar-refractivity contribution in [1.29, 1.82) is 0 Å². The van der Waals surface area contributed by atoms with Gasteiger partial charge in [-0.3, -0.25) is 4.57 Å². The zero-order valence-electron chi connectivity index (χ0n) is 8.45. The van der Waals surface area contributed by atoms with Gasteiger partial charge >= 0.3 is 7.60 Å². The van der Waals surface area contributed by atoms with Gasteiger partial charge in [-0.15, -0.1) is 0 Å². The predicted molar refractivity (Wildman–Crippen MR) is 50.5 cm³/mol. The van der Waals surface area contributed by atoms with Crippen molar-refractivity contribution in [2.45, 2.75) is 39.5 Å². The van der Waals surface area contributed by atoms with Crippen LogP contribution in [-0.4, -0.2) is 17.7 Å². The molecule has 0 spiro atoms. The Morgan fingerprint density at radius 1 is 1.23 bits per heavy atom. The molecule has 0 bridgehead atoms. The van der Waals surface area contributed by atoms with Crippen LogP contribution in [0.1, 0.15) is 39.5 Å². The maximum Gasteiger partial charge on any atom is 0.328 e. The first-order chi connectivity index (χ1) is 5.62. The van der Waals surface area contributed by atoms with Crippen molar-refractivity contribution in [3.05, 3.63) is 0 Å². The molecule has 5 heteroatoms. The monoisotopic (exact) mass is 336 g/mol. The molecule has 0 rings (SSSR count). The zero-order valence-corrected chi connectivity index (χ0v) is 12.6. The van der Waals surface area contributed by atoms with Gasteiger partial charge in [-0.05, 0) is 12.8 Å². The van der Waals surface area contributed by atoms with Crippen molar-refractivity contribution < 1.29 is 54.8 Å². The van der Waals surface area contributed by atoms with Crippen LogP contribution in [0.25, 0.3) is 0 Å². The molecule has 0 aromatic rings. The summed E-state index contributed by atoms with van der Waals surface area (Å²) in [7, 11) is -3.24. The molecule has 0 radical (unpaired) electrons. The first-order valence-electron chi connectivity index (χ1n) is 4.58. The molecule has 0 heterocycles. The summed E-state index contributed by atoms with van der Waals surface area (Å²) in [6.07, 6.45) is 3.85. The van der Waals surface area contributed by atoms with E-state index >= 15 is 0 Å². The molecule has 0 aromatic carbocycles. The second-order valence-electron chi connectivity index (χ2n) is 2.90. The number of unbranched alkanes of at least 4 members (excludes halogenated alkanes) is 2. The molecule has 1 atom stereocenters. The summed E-state index contributed by atoms with van der Waals surface area (Å²) in [6.45, 7) is 4.43. The van der Waals surface area contributed by atoms with Crippen LogP contribution in [0.15, 0.2) is 0 Å². The van der Waals surface area contributed by atoms with E-state index in [0.29, 0.717) is 12.8 Å². The van der Waals surface area contributed by atoms with Crippen molar-refractivity contribution >= 4 is 7.60 Å². The second-order valence-corrected chi connectivity index (χ2v) is 4.88. The Labute approximate surface area is 114 Å². The zero-order chi connectivity index (χ0) is 9.45. The van der Waals surface area contributed by atoms with E-state index in [0.717, 1.165) is 25.7 Å². The number of rotatable bonds is 7. The molecular weight excluding hydrogens is 319 g/mol.